The quantitative estimate of drug-likeness (QED) is 0.0332. The Labute approximate surface area is 370 Å². The molecule has 9 heteroatoms. The molecule has 7 atom stereocenters. The van der Waals surface area contributed by atoms with Crippen molar-refractivity contribution in [3.05, 3.63) is 0 Å². The van der Waals surface area contributed by atoms with Gasteiger partial charge in [-0.05, 0) is 12.8 Å². The topological polar surface area (TPSA) is 149 Å². The molecule has 0 aromatic carbocycles. The van der Waals surface area contributed by atoms with Gasteiger partial charge in [0.15, 0.2) is 6.29 Å². The molecule has 9 nitrogen and oxygen atoms in total. The summed E-state index contributed by atoms with van der Waals surface area (Å²) in [6.07, 6.45) is 41.2. The number of carbonyl (C=O) groups excluding carboxylic acids is 1. The van der Waals surface area contributed by atoms with Crippen molar-refractivity contribution in [2.45, 2.75) is 307 Å². The molecule has 1 saturated heterocycles. The van der Waals surface area contributed by atoms with Crippen LogP contribution in [0.2, 0.25) is 0 Å². The van der Waals surface area contributed by atoms with Crippen LogP contribution in [0.1, 0.15) is 264 Å². The minimum atomic E-state index is -1.55. The SMILES string of the molecule is CCCCCCCCCCCCCCCCCCCCCCCCCC(=O)NC(COC1OC(CO)C(O)C(O)C1O)C(O)CCCCCCCCCCCCCCCC. The highest BCUT2D eigenvalue weighted by Gasteiger charge is 2.44. The third-order valence-corrected chi connectivity index (χ3v) is 13.0. The summed E-state index contributed by atoms with van der Waals surface area (Å²) in [6.45, 7) is 3.87. The van der Waals surface area contributed by atoms with Crippen LogP contribution in [-0.4, -0.2) is 87.5 Å². The van der Waals surface area contributed by atoms with Gasteiger partial charge >= 0.3 is 0 Å². The first kappa shape index (κ1) is 57.2. The molecule has 1 amide bonds. The van der Waals surface area contributed by atoms with Crippen LogP contribution in [0.5, 0.6) is 0 Å². The van der Waals surface area contributed by atoms with Crippen molar-refractivity contribution in [1.29, 1.82) is 0 Å². The summed E-state index contributed by atoms with van der Waals surface area (Å²) in [7, 11) is 0. The number of amides is 1. The highest BCUT2D eigenvalue weighted by Crippen LogP contribution is 2.23. The summed E-state index contributed by atoms with van der Waals surface area (Å²) < 4.78 is 11.3. The van der Waals surface area contributed by atoms with Gasteiger partial charge in [0.1, 0.15) is 24.4 Å². The maximum Gasteiger partial charge on any atom is 0.220 e. The van der Waals surface area contributed by atoms with E-state index in [-0.39, 0.29) is 12.5 Å². The fourth-order valence-corrected chi connectivity index (χ4v) is 8.75. The third kappa shape index (κ3) is 31.9. The fraction of sp³-hybridized carbons (Fsp3) is 0.980. The van der Waals surface area contributed by atoms with Crippen molar-refractivity contribution in [2.75, 3.05) is 13.2 Å². The second kappa shape index (κ2) is 42.2. The van der Waals surface area contributed by atoms with E-state index in [9.17, 15) is 30.3 Å². The summed E-state index contributed by atoms with van der Waals surface area (Å²) in [5.74, 6) is -0.138. The van der Waals surface area contributed by atoms with E-state index < -0.39 is 49.5 Å². The van der Waals surface area contributed by atoms with Crippen LogP contribution < -0.4 is 5.32 Å². The van der Waals surface area contributed by atoms with Crippen molar-refractivity contribution >= 4 is 5.91 Å². The number of hydrogen-bond acceptors (Lipinski definition) is 8. The molecule has 0 spiro atoms. The lowest BCUT2D eigenvalue weighted by atomic mass is 9.99. The number of nitrogens with one attached hydrogen (secondary N) is 1. The highest BCUT2D eigenvalue weighted by molar-refractivity contribution is 5.76. The van der Waals surface area contributed by atoms with Gasteiger partial charge in [-0.3, -0.25) is 4.79 Å². The molecule has 0 bridgehead atoms. The Morgan fingerprint density at radius 1 is 0.500 bits per heavy atom. The number of aliphatic hydroxyl groups excluding tert-OH is 5. The van der Waals surface area contributed by atoms with E-state index in [1.807, 2.05) is 0 Å². The molecule has 0 aliphatic carbocycles. The largest absolute Gasteiger partial charge is 0.394 e. The van der Waals surface area contributed by atoms with Crippen molar-refractivity contribution in [1.82, 2.24) is 5.32 Å². The molecule has 0 radical (unpaired) electrons. The Morgan fingerprint density at radius 2 is 0.833 bits per heavy atom. The van der Waals surface area contributed by atoms with E-state index in [1.54, 1.807) is 0 Å². The van der Waals surface area contributed by atoms with Gasteiger partial charge in [0.25, 0.3) is 0 Å². The number of ether oxygens (including phenoxy) is 2. The van der Waals surface area contributed by atoms with Crippen LogP contribution in [0, 0.1) is 0 Å². The average molecular weight is 856 g/mol. The third-order valence-electron chi connectivity index (χ3n) is 13.0. The lowest BCUT2D eigenvalue weighted by Crippen LogP contribution is -2.60. The van der Waals surface area contributed by atoms with Crippen LogP contribution in [0.4, 0.5) is 0 Å². The summed E-state index contributed by atoms with van der Waals surface area (Å²) in [5, 5.41) is 54.5. The molecule has 1 heterocycles. The lowest BCUT2D eigenvalue weighted by molar-refractivity contribution is -0.302. The Balaban J connectivity index is 2.21. The second-order valence-corrected chi connectivity index (χ2v) is 18.7. The van der Waals surface area contributed by atoms with Crippen LogP contribution in [0.25, 0.3) is 0 Å². The first-order chi connectivity index (χ1) is 29.3. The zero-order chi connectivity index (χ0) is 43.7. The minimum absolute atomic E-state index is 0.131. The van der Waals surface area contributed by atoms with E-state index in [0.29, 0.717) is 12.8 Å². The van der Waals surface area contributed by atoms with Gasteiger partial charge in [0.2, 0.25) is 5.91 Å². The minimum Gasteiger partial charge on any atom is -0.394 e. The molecule has 0 aromatic heterocycles. The lowest BCUT2D eigenvalue weighted by Gasteiger charge is -2.40. The van der Waals surface area contributed by atoms with Crippen molar-refractivity contribution in [3.8, 4) is 0 Å². The Bertz CT molecular complexity index is 908. The van der Waals surface area contributed by atoms with Gasteiger partial charge in [0, 0.05) is 6.42 Å². The molecule has 6 N–H and O–H groups in total. The Kier molecular flexibility index (Phi) is 40.2. The van der Waals surface area contributed by atoms with E-state index >= 15 is 0 Å². The standard InChI is InChI=1S/C51H101NO8/c1-3-5-7-9-11-13-15-17-19-20-21-22-23-24-25-26-27-29-31-33-35-37-39-41-47(55)52-44(43-59-51-50(58)49(57)48(56)46(42-53)60-51)45(54)40-38-36-34-32-30-28-18-16-14-12-10-8-6-4-2/h44-46,48-51,53-54,56-58H,3-43H2,1-2H3,(H,52,55). The van der Waals surface area contributed by atoms with Crippen molar-refractivity contribution in [3.63, 3.8) is 0 Å². The number of aliphatic hydroxyl groups is 5. The normalized spacial score (nSPS) is 20.4. The van der Waals surface area contributed by atoms with Crippen molar-refractivity contribution < 1.29 is 39.8 Å². The Morgan fingerprint density at radius 3 is 1.18 bits per heavy atom. The fourth-order valence-electron chi connectivity index (χ4n) is 8.75. The number of rotatable bonds is 45. The maximum atomic E-state index is 13.0. The van der Waals surface area contributed by atoms with E-state index in [2.05, 4.69) is 19.2 Å². The zero-order valence-electron chi connectivity index (χ0n) is 39.5. The molecule has 0 aromatic rings. The molecule has 358 valence electrons. The van der Waals surface area contributed by atoms with E-state index in [4.69, 9.17) is 9.47 Å². The molecular weight excluding hydrogens is 755 g/mol. The molecule has 1 aliphatic rings. The van der Waals surface area contributed by atoms with E-state index in [0.717, 1.165) is 38.5 Å². The van der Waals surface area contributed by atoms with Crippen LogP contribution in [-0.2, 0) is 14.3 Å². The van der Waals surface area contributed by atoms with Gasteiger partial charge in [-0.2, -0.15) is 0 Å². The van der Waals surface area contributed by atoms with Gasteiger partial charge in [-0.25, -0.2) is 0 Å². The number of carbonyl (C=O) groups is 1. The molecule has 1 aliphatic heterocycles. The van der Waals surface area contributed by atoms with Crippen LogP contribution >= 0.6 is 0 Å². The molecule has 1 rings (SSSR count). The first-order valence-corrected chi connectivity index (χ1v) is 26.2. The summed E-state index contributed by atoms with van der Waals surface area (Å²) in [5.41, 5.74) is 0. The van der Waals surface area contributed by atoms with E-state index in [1.165, 1.54) is 199 Å². The van der Waals surface area contributed by atoms with Crippen LogP contribution in [0.3, 0.4) is 0 Å². The maximum absolute atomic E-state index is 13.0. The van der Waals surface area contributed by atoms with Gasteiger partial charge in [0.05, 0.1) is 25.4 Å². The molecular formula is C51H101NO8. The number of hydrogen-bond donors (Lipinski definition) is 6. The second-order valence-electron chi connectivity index (χ2n) is 18.7. The van der Waals surface area contributed by atoms with Crippen molar-refractivity contribution in [2.24, 2.45) is 0 Å². The molecule has 7 unspecified atom stereocenters. The summed E-state index contributed by atoms with van der Waals surface area (Å²) in [4.78, 5) is 13.0. The predicted octanol–water partition coefficient (Wildman–Crippen LogP) is 11.9. The monoisotopic (exact) mass is 856 g/mol. The summed E-state index contributed by atoms with van der Waals surface area (Å²) in [6, 6.07) is -0.712. The van der Waals surface area contributed by atoms with Gasteiger partial charge in [-0.1, -0.05) is 245 Å². The average Bonchev–Trinajstić information content (AvgIpc) is 3.25. The first-order valence-electron chi connectivity index (χ1n) is 26.2. The zero-order valence-corrected chi connectivity index (χ0v) is 39.5. The van der Waals surface area contributed by atoms with Gasteiger partial charge < -0.3 is 40.3 Å². The summed E-state index contributed by atoms with van der Waals surface area (Å²) >= 11 is 0. The smallest absolute Gasteiger partial charge is 0.220 e. The molecule has 1 fully saturated rings. The molecule has 0 saturated carbocycles. The van der Waals surface area contributed by atoms with Crippen LogP contribution in [0.15, 0.2) is 0 Å². The highest BCUT2D eigenvalue weighted by atomic mass is 16.7. The number of unbranched alkanes of at least 4 members (excludes halogenated alkanes) is 35. The predicted molar refractivity (Wildman–Crippen MR) is 249 cm³/mol. The van der Waals surface area contributed by atoms with Gasteiger partial charge in [-0.15, -0.1) is 0 Å². The molecule has 60 heavy (non-hydrogen) atoms. The Hall–Kier alpha value is -0.810.